The Labute approximate surface area is 173 Å². The van der Waals surface area contributed by atoms with Crippen LogP contribution in [0.2, 0.25) is 0 Å². The molecule has 0 radical (unpaired) electrons. The minimum atomic E-state index is -0.247. The molecule has 3 heterocycles. The molecule has 0 saturated heterocycles. The van der Waals surface area contributed by atoms with Gasteiger partial charge in [-0.05, 0) is 47.5 Å². The van der Waals surface area contributed by atoms with Gasteiger partial charge in [0.2, 0.25) is 0 Å². The van der Waals surface area contributed by atoms with Crippen molar-refractivity contribution in [1.82, 2.24) is 9.38 Å². The quantitative estimate of drug-likeness (QED) is 0.317. The molecule has 3 aromatic heterocycles. The van der Waals surface area contributed by atoms with Crippen LogP contribution in [-0.4, -0.2) is 9.38 Å². The Hall–Kier alpha value is -3.98. The molecule has 0 atom stereocenters. The highest BCUT2D eigenvalue weighted by molar-refractivity contribution is 6.09. The molecule has 0 saturated carbocycles. The molecule has 0 aliphatic carbocycles. The zero-order valence-corrected chi connectivity index (χ0v) is 16.1. The van der Waals surface area contributed by atoms with Crippen molar-refractivity contribution in [3.63, 3.8) is 0 Å². The van der Waals surface area contributed by atoms with Crippen molar-refractivity contribution in [2.75, 3.05) is 0 Å². The van der Waals surface area contributed by atoms with E-state index in [0.717, 1.165) is 44.6 Å². The Morgan fingerprint density at radius 1 is 0.567 bits per heavy atom. The minimum Gasteiger partial charge on any atom is -0.291 e. The Balaban J connectivity index is 1.81. The van der Waals surface area contributed by atoms with Crippen LogP contribution in [0.5, 0.6) is 0 Å². The van der Waals surface area contributed by atoms with Gasteiger partial charge in [0, 0.05) is 16.7 Å². The van der Waals surface area contributed by atoms with E-state index in [1.807, 2.05) is 24.3 Å². The molecule has 0 fully saturated rings. The molecule has 6 rings (SSSR count). The summed E-state index contributed by atoms with van der Waals surface area (Å²) in [5.74, 6) is -0.247. The van der Waals surface area contributed by atoms with Crippen LogP contribution in [0.15, 0.2) is 103 Å². The molecule has 0 bridgehead atoms. The van der Waals surface area contributed by atoms with Gasteiger partial charge in [-0.1, -0.05) is 66.7 Å². The van der Waals surface area contributed by atoms with E-state index in [0.29, 0.717) is 0 Å². The molecule has 0 unspecified atom stereocenters. The fourth-order valence-electron chi connectivity index (χ4n) is 4.36. The lowest BCUT2D eigenvalue weighted by Gasteiger charge is -2.08. The van der Waals surface area contributed by atoms with E-state index < -0.39 is 0 Å². The molecule has 0 amide bonds. The minimum absolute atomic E-state index is 0.247. The maximum Gasteiger partial charge on any atom is 0.138 e. The van der Waals surface area contributed by atoms with Crippen molar-refractivity contribution in [2.24, 2.45) is 0 Å². The van der Waals surface area contributed by atoms with E-state index in [2.05, 4.69) is 59.0 Å². The van der Waals surface area contributed by atoms with Crippen molar-refractivity contribution in [3.8, 4) is 33.5 Å². The number of halogens is 1. The van der Waals surface area contributed by atoms with Gasteiger partial charge in [-0.15, -0.1) is 0 Å². The van der Waals surface area contributed by atoms with Crippen LogP contribution in [-0.2, 0) is 0 Å². The molecule has 6 aromatic rings. The van der Waals surface area contributed by atoms with Gasteiger partial charge in [-0.25, -0.2) is 9.37 Å². The average Bonchev–Trinajstić information content (AvgIpc) is 3.35. The van der Waals surface area contributed by atoms with E-state index in [-0.39, 0.29) is 5.82 Å². The summed E-state index contributed by atoms with van der Waals surface area (Å²) >= 11 is 0. The van der Waals surface area contributed by atoms with Crippen LogP contribution in [0, 0.1) is 5.82 Å². The van der Waals surface area contributed by atoms with Gasteiger partial charge in [0.05, 0.1) is 16.7 Å². The predicted molar refractivity (Wildman–Crippen MR) is 120 cm³/mol. The van der Waals surface area contributed by atoms with Gasteiger partial charge >= 0.3 is 0 Å². The van der Waals surface area contributed by atoms with Crippen molar-refractivity contribution < 1.29 is 4.39 Å². The van der Waals surface area contributed by atoms with Crippen molar-refractivity contribution in [1.29, 1.82) is 0 Å². The molecule has 0 aliphatic heterocycles. The van der Waals surface area contributed by atoms with Crippen LogP contribution in [0.25, 0.3) is 50.2 Å². The predicted octanol–water partition coefficient (Wildman–Crippen LogP) is 7.07. The summed E-state index contributed by atoms with van der Waals surface area (Å²) in [5, 5.41) is 0. The normalized spacial score (nSPS) is 11.5. The summed E-state index contributed by atoms with van der Waals surface area (Å²) in [6.45, 7) is 0. The van der Waals surface area contributed by atoms with Crippen LogP contribution in [0.1, 0.15) is 0 Å². The van der Waals surface area contributed by atoms with Crippen molar-refractivity contribution >= 4 is 16.7 Å². The summed E-state index contributed by atoms with van der Waals surface area (Å²) in [4.78, 5) is 4.93. The van der Waals surface area contributed by atoms with Gasteiger partial charge < -0.3 is 0 Å². The summed E-state index contributed by atoms with van der Waals surface area (Å²) < 4.78 is 15.8. The molecule has 0 aliphatic rings. The van der Waals surface area contributed by atoms with Gasteiger partial charge in [-0.2, -0.15) is 0 Å². The first-order valence-electron chi connectivity index (χ1n) is 9.94. The fourth-order valence-corrected chi connectivity index (χ4v) is 4.36. The Morgan fingerprint density at radius 2 is 1.20 bits per heavy atom. The molecule has 0 N–H and O–H groups in total. The number of imidazole rings is 1. The molecule has 3 aromatic carbocycles. The molecule has 3 heteroatoms. The standard InChI is InChI=1S/C27H17FN2/c28-21-16-14-20(15-17-21)26-27-25(19-10-5-2-6-11-19)24(18-8-3-1-4-9-18)22-12-7-13-23(29-26)30(22)27/h1-17H. The third-order valence-electron chi connectivity index (χ3n) is 5.63. The fraction of sp³-hybridized carbons (Fsp3) is 0. The van der Waals surface area contributed by atoms with Crippen LogP contribution < -0.4 is 0 Å². The first-order valence-corrected chi connectivity index (χ1v) is 9.94. The lowest BCUT2D eigenvalue weighted by molar-refractivity contribution is 0.628. The number of benzene rings is 3. The number of hydrogen-bond donors (Lipinski definition) is 0. The second-order valence-corrected chi connectivity index (χ2v) is 7.40. The van der Waals surface area contributed by atoms with Gasteiger partial charge in [0.25, 0.3) is 0 Å². The lowest BCUT2D eigenvalue weighted by Crippen LogP contribution is -1.85. The number of rotatable bonds is 3. The highest BCUT2D eigenvalue weighted by Gasteiger charge is 2.24. The maximum absolute atomic E-state index is 13.6. The topological polar surface area (TPSA) is 17.3 Å². The van der Waals surface area contributed by atoms with Gasteiger partial charge in [0.15, 0.2) is 0 Å². The number of aromatic nitrogens is 2. The van der Waals surface area contributed by atoms with Crippen molar-refractivity contribution in [2.45, 2.75) is 0 Å². The molecule has 0 spiro atoms. The monoisotopic (exact) mass is 388 g/mol. The molecule has 2 nitrogen and oxygen atoms in total. The number of nitrogens with zero attached hydrogens (tertiary/aromatic N) is 2. The second-order valence-electron chi connectivity index (χ2n) is 7.40. The Morgan fingerprint density at radius 3 is 1.87 bits per heavy atom. The second kappa shape index (κ2) is 6.53. The van der Waals surface area contributed by atoms with E-state index in [1.54, 1.807) is 12.1 Å². The molecular formula is C27H17FN2. The molecular weight excluding hydrogens is 371 g/mol. The van der Waals surface area contributed by atoms with Crippen molar-refractivity contribution in [3.05, 3.63) is 109 Å². The number of pyridine rings is 1. The summed E-state index contributed by atoms with van der Waals surface area (Å²) in [6, 6.07) is 33.7. The summed E-state index contributed by atoms with van der Waals surface area (Å²) in [5.41, 5.74) is 9.47. The smallest absolute Gasteiger partial charge is 0.138 e. The third kappa shape index (κ3) is 2.45. The van der Waals surface area contributed by atoms with E-state index in [9.17, 15) is 4.39 Å². The van der Waals surface area contributed by atoms with Crippen LogP contribution in [0.3, 0.4) is 0 Å². The van der Waals surface area contributed by atoms with E-state index in [4.69, 9.17) is 4.98 Å². The summed E-state index contributed by atoms with van der Waals surface area (Å²) in [7, 11) is 0. The highest BCUT2D eigenvalue weighted by Crippen LogP contribution is 2.45. The highest BCUT2D eigenvalue weighted by atomic mass is 19.1. The molecule has 142 valence electrons. The Bertz CT molecular complexity index is 1470. The van der Waals surface area contributed by atoms with Gasteiger partial charge in [0.1, 0.15) is 11.5 Å². The largest absolute Gasteiger partial charge is 0.291 e. The zero-order valence-electron chi connectivity index (χ0n) is 16.1. The lowest BCUT2D eigenvalue weighted by atomic mass is 9.95. The van der Waals surface area contributed by atoms with Crippen LogP contribution in [0.4, 0.5) is 4.39 Å². The van der Waals surface area contributed by atoms with Crippen LogP contribution >= 0.6 is 0 Å². The maximum atomic E-state index is 13.6. The number of hydrogen-bond acceptors (Lipinski definition) is 1. The van der Waals surface area contributed by atoms with E-state index >= 15 is 0 Å². The summed E-state index contributed by atoms with van der Waals surface area (Å²) in [6.07, 6.45) is 0. The first-order chi connectivity index (χ1) is 14.8. The van der Waals surface area contributed by atoms with Gasteiger partial charge in [-0.3, -0.25) is 4.40 Å². The third-order valence-corrected chi connectivity index (χ3v) is 5.63. The average molecular weight is 388 g/mol. The van der Waals surface area contributed by atoms with E-state index in [1.165, 1.54) is 17.7 Å². The zero-order chi connectivity index (χ0) is 20.1. The molecule has 30 heavy (non-hydrogen) atoms. The Kier molecular flexibility index (Phi) is 3.68. The SMILES string of the molecule is Fc1ccc(-c2nc3cccc4c(-c5ccccc5)c(-c5ccccc5)c2n34)cc1. The first kappa shape index (κ1) is 16.9.